The van der Waals surface area contributed by atoms with Crippen LogP contribution >= 0.6 is 0 Å². The number of likely N-dealkylation sites (tertiary alicyclic amines) is 1. The summed E-state index contributed by atoms with van der Waals surface area (Å²) in [7, 11) is 1.31. The van der Waals surface area contributed by atoms with Gasteiger partial charge in [0, 0.05) is 37.5 Å². The van der Waals surface area contributed by atoms with Crippen LogP contribution in [0.3, 0.4) is 0 Å². The molecule has 2 rings (SSSR count). The first-order valence-corrected chi connectivity index (χ1v) is 12.5. The highest BCUT2D eigenvalue weighted by Crippen LogP contribution is 2.22. The quantitative estimate of drug-likeness (QED) is 0.151. The van der Waals surface area contributed by atoms with Crippen molar-refractivity contribution in [1.29, 1.82) is 0 Å². The first kappa shape index (κ1) is 30.7. The summed E-state index contributed by atoms with van der Waals surface area (Å²) in [6.45, 7) is 5.88. The molecule has 1 fully saturated rings. The van der Waals surface area contributed by atoms with Crippen LogP contribution in [0.1, 0.15) is 25.3 Å². The molecule has 12 heteroatoms. The van der Waals surface area contributed by atoms with E-state index in [2.05, 4.69) is 15.4 Å². The van der Waals surface area contributed by atoms with Crippen molar-refractivity contribution in [3.05, 3.63) is 29.8 Å². The number of hydrogen-bond donors (Lipinski definition) is 4. The van der Waals surface area contributed by atoms with Gasteiger partial charge in [-0.3, -0.25) is 4.79 Å². The van der Waals surface area contributed by atoms with E-state index in [4.69, 9.17) is 18.9 Å². The standard InChI is InChI=1S/C25H41N3O9/c1-19-17-23(30)28(24(19)31)8-10-35-12-14-37-16-15-36-13-11-34-9-7-22(29)27-21-5-3-20(4-6-21)18-26-25(32)33-2/h3-6,19,22,24,27,29,31H,7-18H2,1-2H3,(H,26,32). The van der Waals surface area contributed by atoms with Gasteiger partial charge in [0.05, 0.1) is 60.0 Å². The molecule has 1 aromatic carbocycles. The van der Waals surface area contributed by atoms with Crippen LogP contribution in [0, 0.1) is 5.92 Å². The van der Waals surface area contributed by atoms with E-state index in [9.17, 15) is 19.8 Å². The highest BCUT2D eigenvalue weighted by molar-refractivity contribution is 5.78. The molecule has 0 aromatic heterocycles. The van der Waals surface area contributed by atoms with E-state index >= 15 is 0 Å². The lowest BCUT2D eigenvalue weighted by molar-refractivity contribution is -0.134. The third-order valence-electron chi connectivity index (χ3n) is 5.68. The van der Waals surface area contributed by atoms with Gasteiger partial charge in [-0.15, -0.1) is 0 Å². The Bertz CT molecular complexity index is 781. The van der Waals surface area contributed by atoms with Gasteiger partial charge in [-0.1, -0.05) is 19.1 Å². The highest BCUT2D eigenvalue weighted by atomic mass is 16.6. The summed E-state index contributed by atoms with van der Waals surface area (Å²) >= 11 is 0. The van der Waals surface area contributed by atoms with Crippen molar-refractivity contribution in [1.82, 2.24) is 10.2 Å². The zero-order chi connectivity index (χ0) is 26.9. The summed E-state index contributed by atoms with van der Waals surface area (Å²) in [5.41, 5.74) is 1.67. The third kappa shape index (κ3) is 12.5. The van der Waals surface area contributed by atoms with Crippen LogP contribution in [0.15, 0.2) is 24.3 Å². The minimum atomic E-state index is -0.750. The van der Waals surface area contributed by atoms with Gasteiger partial charge in [-0.25, -0.2) is 4.79 Å². The van der Waals surface area contributed by atoms with Crippen molar-refractivity contribution in [2.24, 2.45) is 5.92 Å². The summed E-state index contributed by atoms with van der Waals surface area (Å²) < 4.78 is 26.3. The number of amides is 2. The van der Waals surface area contributed by atoms with E-state index < -0.39 is 18.5 Å². The van der Waals surface area contributed by atoms with Crippen molar-refractivity contribution < 1.29 is 43.5 Å². The summed E-state index contributed by atoms with van der Waals surface area (Å²) in [5.74, 6) is -0.0756. The van der Waals surface area contributed by atoms with Crippen LogP contribution < -0.4 is 10.6 Å². The number of anilines is 1. The Kier molecular flexibility index (Phi) is 14.9. The summed E-state index contributed by atoms with van der Waals surface area (Å²) in [4.78, 5) is 24.3. The van der Waals surface area contributed by atoms with Gasteiger partial charge >= 0.3 is 6.09 Å². The van der Waals surface area contributed by atoms with Crippen molar-refractivity contribution >= 4 is 17.7 Å². The Labute approximate surface area is 218 Å². The lowest BCUT2D eigenvalue weighted by Gasteiger charge is -2.21. The van der Waals surface area contributed by atoms with E-state index in [1.165, 1.54) is 12.0 Å². The van der Waals surface area contributed by atoms with Crippen LogP contribution in [0.5, 0.6) is 0 Å². The number of nitrogens with zero attached hydrogens (tertiary/aromatic N) is 1. The fourth-order valence-electron chi connectivity index (χ4n) is 3.56. The topological polar surface area (TPSA) is 148 Å². The molecule has 1 saturated heterocycles. The number of ether oxygens (including phenoxy) is 5. The molecule has 37 heavy (non-hydrogen) atoms. The van der Waals surface area contributed by atoms with Gasteiger partial charge in [0.25, 0.3) is 0 Å². The summed E-state index contributed by atoms with van der Waals surface area (Å²) in [5, 5.41) is 25.6. The normalized spacial score (nSPS) is 18.2. The monoisotopic (exact) mass is 527 g/mol. The number of aliphatic hydroxyl groups is 2. The van der Waals surface area contributed by atoms with E-state index in [0.29, 0.717) is 78.8 Å². The average Bonchev–Trinajstić information content (AvgIpc) is 3.13. The molecule has 12 nitrogen and oxygen atoms in total. The maximum atomic E-state index is 11.7. The molecule has 4 N–H and O–H groups in total. The second-order valence-electron chi connectivity index (χ2n) is 8.62. The van der Waals surface area contributed by atoms with Crippen molar-refractivity contribution in [3.63, 3.8) is 0 Å². The number of rotatable bonds is 19. The van der Waals surface area contributed by atoms with Gasteiger partial charge in [0.2, 0.25) is 5.91 Å². The van der Waals surface area contributed by atoms with Gasteiger partial charge in [0.15, 0.2) is 0 Å². The molecule has 1 heterocycles. The number of hydrogen-bond acceptors (Lipinski definition) is 10. The zero-order valence-corrected chi connectivity index (χ0v) is 21.7. The molecule has 3 atom stereocenters. The van der Waals surface area contributed by atoms with E-state index in [1.54, 1.807) is 0 Å². The largest absolute Gasteiger partial charge is 0.453 e. The van der Waals surface area contributed by atoms with Crippen molar-refractivity contribution in [3.8, 4) is 0 Å². The van der Waals surface area contributed by atoms with E-state index in [0.717, 1.165) is 11.3 Å². The summed E-state index contributed by atoms with van der Waals surface area (Å²) in [6.07, 6.45) is -1.16. The predicted molar refractivity (Wildman–Crippen MR) is 135 cm³/mol. The zero-order valence-electron chi connectivity index (χ0n) is 21.7. The maximum Gasteiger partial charge on any atom is 0.407 e. The number of aliphatic hydroxyl groups excluding tert-OH is 2. The van der Waals surface area contributed by atoms with Gasteiger partial charge in [0.1, 0.15) is 12.5 Å². The number of nitrogens with one attached hydrogen (secondary N) is 2. The number of alkyl carbamates (subject to hydrolysis) is 1. The lowest BCUT2D eigenvalue weighted by atomic mass is 10.1. The number of carbonyl (C=O) groups is 2. The Morgan fingerprint density at radius 1 is 1.00 bits per heavy atom. The van der Waals surface area contributed by atoms with Crippen molar-refractivity contribution in [2.75, 3.05) is 71.8 Å². The van der Waals surface area contributed by atoms with Gasteiger partial charge < -0.3 is 49.4 Å². The maximum absolute atomic E-state index is 11.7. The van der Waals surface area contributed by atoms with Crippen LogP contribution in [-0.4, -0.2) is 106 Å². The number of carbonyl (C=O) groups excluding carboxylic acids is 2. The lowest BCUT2D eigenvalue weighted by Crippen LogP contribution is -2.37. The smallest absolute Gasteiger partial charge is 0.407 e. The fourth-order valence-corrected chi connectivity index (χ4v) is 3.56. The number of methoxy groups -OCH3 is 1. The Balaban J connectivity index is 1.36. The van der Waals surface area contributed by atoms with E-state index in [-0.39, 0.29) is 11.8 Å². The molecular weight excluding hydrogens is 486 g/mol. The molecule has 0 radical (unpaired) electrons. The molecule has 210 valence electrons. The minimum Gasteiger partial charge on any atom is -0.453 e. The predicted octanol–water partition coefficient (Wildman–Crippen LogP) is 0.916. The molecule has 1 aromatic rings. The molecule has 0 spiro atoms. The molecule has 2 amide bonds. The first-order chi connectivity index (χ1) is 17.9. The van der Waals surface area contributed by atoms with Crippen molar-refractivity contribution in [2.45, 2.75) is 38.8 Å². The fraction of sp³-hybridized carbons (Fsp3) is 0.680. The minimum absolute atomic E-state index is 0.0372. The Morgan fingerprint density at radius 3 is 2.11 bits per heavy atom. The summed E-state index contributed by atoms with van der Waals surface area (Å²) in [6, 6.07) is 7.34. The molecule has 0 bridgehead atoms. The molecule has 0 saturated carbocycles. The van der Waals surface area contributed by atoms with Crippen LogP contribution in [0.2, 0.25) is 0 Å². The van der Waals surface area contributed by atoms with Gasteiger partial charge in [-0.05, 0) is 17.7 Å². The van der Waals surface area contributed by atoms with Crippen LogP contribution in [-0.2, 0) is 35.0 Å². The number of benzene rings is 1. The second-order valence-corrected chi connectivity index (χ2v) is 8.62. The highest BCUT2D eigenvalue weighted by Gasteiger charge is 2.35. The van der Waals surface area contributed by atoms with Gasteiger partial charge in [-0.2, -0.15) is 0 Å². The second kappa shape index (κ2) is 17.9. The Hall–Kier alpha value is -2.48. The molecule has 1 aliphatic heterocycles. The van der Waals surface area contributed by atoms with E-state index in [1.807, 2.05) is 31.2 Å². The van der Waals surface area contributed by atoms with Crippen LogP contribution in [0.25, 0.3) is 0 Å². The molecule has 3 unspecified atom stereocenters. The SMILES string of the molecule is COC(=O)NCc1ccc(NC(O)CCOCCOCCOCCOCCN2C(=O)CC(C)C2O)cc1. The first-order valence-electron chi connectivity index (χ1n) is 12.5. The van der Waals surface area contributed by atoms with Crippen LogP contribution in [0.4, 0.5) is 10.5 Å². The average molecular weight is 528 g/mol. The Morgan fingerprint density at radius 2 is 1.57 bits per heavy atom. The third-order valence-corrected chi connectivity index (χ3v) is 5.68. The molecule has 1 aliphatic rings. The molecule has 0 aliphatic carbocycles. The molecular formula is C25H41N3O9.